The number of rotatable bonds is 5. The number of H-pyrrole nitrogens is 1. The van der Waals surface area contributed by atoms with Gasteiger partial charge in [0.05, 0.1) is 18.6 Å². The zero-order valence-corrected chi connectivity index (χ0v) is 14.4. The number of ether oxygens (including phenoxy) is 1. The molecule has 1 aliphatic heterocycles. The van der Waals surface area contributed by atoms with Crippen molar-refractivity contribution in [2.24, 2.45) is 0 Å². The van der Waals surface area contributed by atoms with Gasteiger partial charge in [-0.2, -0.15) is 0 Å². The second-order valence-electron chi connectivity index (χ2n) is 6.48. The highest BCUT2D eigenvalue weighted by atomic mass is 19.1. The summed E-state index contributed by atoms with van der Waals surface area (Å²) in [5, 5.41) is 3.85. The lowest BCUT2D eigenvalue weighted by molar-refractivity contribution is -0.121. The summed E-state index contributed by atoms with van der Waals surface area (Å²) in [6.45, 7) is 6.09. The van der Waals surface area contributed by atoms with Gasteiger partial charge < -0.3 is 19.9 Å². The summed E-state index contributed by atoms with van der Waals surface area (Å²) in [6, 6.07) is 4.59. The van der Waals surface area contributed by atoms with Gasteiger partial charge in [0.15, 0.2) is 0 Å². The molecule has 2 N–H and O–H groups in total. The zero-order valence-electron chi connectivity index (χ0n) is 14.4. The Morgan fingerprint density at radius 1 is 1.46 bits per heavy atom. The van der Waals surface area contributed by atoms with E-state index in [0.29, 0.717) is 6.61 Å². The third-order valence-corrected chi connectivity index (χ3v) is 4.59. The normalized spacial score (nSPS) is 21.5. The Morgan fingerprint density at radius 2 is 2.25 bits per heavy atom. The topological polar surface area (TPSA) is 57.4 Å². The van der Waals surface area contributed by atoms with Crippen molar-refractivity contribution < 1.29 is 13.9 Å². The molecule has 24 heavy (non-hydrogen) atoms. The fourth-order valence-electron chi connectivity index (χ4n) is 3.48. The highest BCUT2D eigenvalue weighted by Crippen LogP contribution is 2.23. The molecule has 0 bridgehead atoms. The van der Waals surface area contributed by atoms with Crippen molar-refractivity contribution in [3.05, 3.63) is 35.3 Å². The summed E-state index contributed by atoms with van der Waals surface area (Å²) < 4.78 is 19.3. The van der Waals surface area contributed by atoms with Crippen LogP contribution in [0.2, 0.25) is 0 Å². The number of aryl methyl sites for hydroxylation is 1. The van der Waals surface area contributed by atoms with E-state index in [4.69, 9.17) is 4.74 Å². The van der Waals surface area contributed by atoms with Crippen molar-refractivity contribution in [3.8, 4) is 0 Å². The molecule has 2 heterocycles. The van der Waals surface area contributed by atoms with Crippen LogP contribution in [0.4, 0.5) is 4.39 Å². The van der Waals surface area contributed by atoms with E-state index in [0.717, 1.165) is 35.2 Å². The fourth-order valence-corrected chi connectivity index (χ4v) is 3.48. The van der Waals surface area contributed by atoms with Crippen LogP contribution in [0.1, 0.15) is 18.2 Å². The quantitative estimate of drug-likeness (QED) is 0.880. The van der Waals surface area contributed by atoms with Gasteiger partial charge in [-0.1, -0.05) is 0 Å². The highest BCUT2D eigenvalue weighted by molar-refractivity contribution is 5.90. The van der Waals surface area contributed by atoms with E-state index >= 15 is 0 Å². The van der Waals surface area contributed by atoms with Crippen LogP contribution in [0.25, 0.3) is 10.9 Å². The molecule has 5 nitrogen and oxygen atoms in total. The fraction of sp³-hybridized carbons (Fsp3) is 0.500. The van der Waals surface area contributed by atoms with Crippen molar-refractivity contribution in [1.29, 1.82) is 0 Å². The van der Waals surface area contributed by atoms with Gasteiger partial charge in [-0.15, -0.1) is 0 Å². The molecule has 1 saturated heterocycles. The third-order valence-electron chi connectivity index (χ3n) is 4.59. The number of fused-ring (bicyclic) bond motifs is 1. The highest BCUT2D eigenvalue weighted by Gasteiger charge is 2.32. The monoisotopic (exact) mass is 333 g/mol. The van der Waals surface area contributed by atoms with Crippen molar-refractivity contribution in [3.63, 3.8) is 0 Å². The van der Waals surface area contributed by atoms with E-state index < -0.39 is 0 Å². The number of likely N-dealkylation sites (tertiary alicyclic amines) is 1. The number of likely N-dealkylation sites (N-methyl/N-ethyl adjacent to an activating group) is 1. The Labute approximate surface area is 141 Å². The molecule has 1 aromatic heterocycles. The van der Waals surface area contributed by atoms with Crippen LogP contribution in [0.5, 0.6) is 0 Å². The maximum Gasteiger partial charge on any atom is 0.224 e. The summed E-state index contributed by atoms with van der Waals surface area (Å²) in [7, 11) is 2.02. The van der Waals surface area contributed by atoms with E-state index in [2.05, 4.69) is 15.2 Å². The largest absolute Gasteiger partial charge is 0.375 e. The lowest BCUT2D eigenvalue weighted by Gasteiger charge is -2.19. The maximum absolute atomic E-state index is 13.5. The number of aromatic amines is 1. The second-order valence-corrected chi connectivity index (χ2v) is 6.48. The third kappa shape index (κ3) is 3.44. The summed E-state index contributed by atoms with van der Waals surface area (Å²) in [4.78, 5) is 17.9. The minimum Gasteiger partial charge on any atom is -0.375 e. The number of halogens is 1. The van der Waals surface area contributed by atoms with Gasteiger partial charge in [-0.25, -0.2) is 4.39 Å². The first kappa shape index (κ1) is 16.9. The maximum atomic E-state index is 13.5. The summed E-state index contributed by atoms with van der Waals surface area (Å²) in [5.41, 5.74) is 2.60. The predicted molar refractivity (Wildman–Crippen MR) is 91.5 cm³/mol. The molecule has 6 heteroatoms. The Balaban J connectivity index is 1.73. The number of carbonyl (C=O) groups excluding carboxylic acids is 1. The molecule has 130 valence electrons. The first-order valence-corrected chi connectivity index (χ1v) is 8.34. The van der Waals surface area contributed by atoms with Crippen LogP contribution < -0.4 is 5.32 Å². The number of nitrogens with zero attached hydrogens (tertiary/aromatic N) is 1. The number of hydrogen-bond donors (Lipinski definition) is 2. The van der Waals surface area contributed by atoms with E-state index in [1.807, 2.05) is 20.9 Å². The molecule has 3 rings (SSSR count). The van der Waals surface area contributed by atoms with Crippen LogP contribution in [-0.4, -0.2) is 54.7 Å². The van der Waals surface area contributed by atoms with E-state index in [1.165, 1.54) is 12.1 Å². The average molecular weight is 333 g/mol. The van der Waals surface area contributed by atoms with Gasteiger partial charge in [0.25, 0.3) is 0 Å². The van der Waals surface area contributed by atoms with Crippen LogP contribution >= 0.6 is 0 Å². The van der Waals surface area contributed by atoms with E-state index in [-0.39, 0.29) is 30.3 Å². The number of aromatic nitrogens is 1. The van der Waals surface area contributed by atoms with Gasteiger partial charge in [0.1, 0.15) is 5.82 Å². The Hall–Kier alpha value is -1.92. The standard InChI is InChI=1S/C18H24FN3O2/c1-4-24-17-10-22(3)9-16(17)21-18(23)8-13-11(2)20-15-6-5-12(19)7-14(13)15/h5-7,16-17,20H,4,8-10H2,1-3H3,(H,21,23)/t16-,17-/m0/s1. The first-order valence-electron chi connectivity index (χ1n) is 8.34. The van der Waals surface area contributed by atoms with Gasteiger partial charge in [0.2, 0.25) is 5.91 Å². The lowest BCUT2D eigenvalue weighted by Crippen LogP contribution is -2.44. The van der Waals surface area contributed by atoms with Gasteiger partial charge in [0, 0.05) is 36.3 Å². The molecule has 0 radical (unpaired) electrons. The molecule has 0 spiro atoms. The number of carbonyl (C=O) groups is 1. The SMILES string of the molecule is CCO[C@H]1CN(C)C[C@@H]1NC(=O)Cc1c(C)[nH]c2ccc(F)cc12. The molecule has 1 fully saturated rings. The van der Waals surface area contributed by atoms with Crippen molar-refractivity contribution in [2.45, 2.75) is 32.4 Å². The minimum absolute atomic E-state index is 0.00954. The summed E-state index contributed by atoms with van der Waals surface area (Å²) in [5.74, 6) is -0.356. The number of amides is 1. The summed E-state index contributed by atoms with van der Waals surface area (Å²) in [6.07, 6.45) is 0.249. The molecule has 1 aliphatic rings. The van der Waals surface area contributed by atoms with Crippen molar-refractivity contribution >= 4 is 16.8 Å². The predicted octanol–water partition coefficient (Wildman–Crippen LogP) is 1.99. The molecule has 2 atom stereocenters. The lowest BCUT2D eigenvalue weighted by atomic mass is 10.1. The number of hydrogen-bond acceptors (Lipinski definition) is 3. The van der Waals surface area contributed by atoms with E-state index in [9.17, 15) is 9.18 Å². The van der Waals surface area contributed by atoms with Crippen molar-refractivity contribution in [1.82, 2.24) is 15.2 Å². The Bertz CT molecular complexity index is 743. The Kier molecular flexibility index (Phi) is 4.87. The molecule has 0 unspecified atom stereocenters. The molecule has 0 aliphatic carbocycles. The number of benzene rings is 1. The first-order chi connectivity index (χ1) is 11.5. The van der Waals surface area contributed by atoms with E-state index in [1.54, 1.807) is 6.07 Å². The van der Waals surface area contributed by atoms with Crippen molar-refractivity contribution in [2.75, 3.05) is 26.7 Å². The molecule has 2 aromatic rings. The molecule has 1 amide bonds. The van der Waals surface area contributed by atoms with Crippen LogP contribution in [-0.2, 0) is 16.0 Å². The number of nitrogens with one attached hydrogen (secondary N) is 2. The minimum atomic E-state index is -0.294. The molecule has 0 saturated carbocycles. The average Bonchev–Trinajstić information content (AvgIpc) is 3.00. The molecule has 1 aromatic carbocycles. The van der Waals surface area contributed by atoms with Gasteiger partial charge >= 0.3 is 0 Å². The summed E-state index contributed by atoms with van der Waals surface area (Å²) >= 11 is 0. The van der Waals surface area contributed by atoms with Gasteiger partial charge in [-0.05, 0) is 44.7 Å². The Morgan fingerprint density at radius 3 is 3.00 bits per heavy atom. The van der Waals surface area contributed by atoms with Crippen LogP contribution in [0, 0.1) is 12.7 Å². The van der Waals surface area contributed by atoms with Crippen LogP contribution in [0.3, 0.4) is 0 Å². The smallest absolute Gasteiger partial charge is 0.224 e. The second kappa shape index (κ2) is 6.91. The molecular formula is C18H24FN3O2. The van der Waals surface area contributed by atoms with Gasteiger partial charge in [-0.3, -0.25) is 4.79 Å². The molecular weight excluding hydrogens is 309 g/mol. The zero-order chi connectivity index (χ0) is 17.3. The van der Waals surface area contributed by atoms with Crippen LogP contribution in [0.15, 0.2) is 18.2 Å².